The van der Waals surface area contributed by atoms with E-state index in [1.165, 1.54) is 6.07 Å². The van der Waals surface area contributed by atoms with Gasteiger partial charge in [-0.15, -0.1) is 0 Å². The Morgan fingerprint density at radius 3 is 2.30 bits per heavy atom. The van der Waals surface area contributed by atoms with E-state index in [9.17, 15) is 9.90 Å². The van der Waals surface area contributed by atoms with E-state index in [1.807, 2.05) is 0 Å². The summed E-state index contributed by atoms with van der Waals surface area (Å²) in [6.45, 7) is 0. The highest BCUT2D eigenvalue weighted by molar-refractivity contribution is 9.10. The number of aliphatic hydroxyl groups is 1. The van der Waals surface area contributed by atoms with Crippen LogP contribution in [0.2, 0.25) is 10.0 Å². The number of hydrogen-bond acceptors (Lipinski definition) is 2. The normalized spacial score (nSPS) is 13.8. The molecule has 0 spiro atoms. The molecule has 0 aliphatic carbocycles. The molecular formula is C14H10BrCl2NO2. The number of carbonyl (C=O) groups excluding carboxylic acids is 1. The molecule has 0 fully saturated rings. The molecule has 1 atom stereocenters. The fourth-order valence-electron chi connectivity index (χ4n) is 1.98. The molecule has 6 heteroatoms. The van der Waals surface area contributed by atoms with Gasteiger partial charge < -0.3 is 10.8 Å². The van der Waals surface area contributed by atoms with Crippen LogP contribution in [-0.2, 0) is 10.4 Å². The van der Waals surface area contributed by atoms with Crippen molar-refractivity contribution in [1.29, 1.82) is 0 Å². The quantitative estimate of drug-likeness (QED) is 0.863. The number of carbonyl (C=O) groups is 1. The van der Waals surface area contributed by atoms with Gasteiger partial charge in [-0.3, -0.25) is 4.79 Å². The minimum absolute atomic E-state index is 0.148. The van der Waals surface area contributed by atoms with E-state index in [2.05, 4.69) is 15.9 Å². The van der Waals surface area contributed by atoms with Crippen LogP contribution in [0.15, 0.2) is 46.9 Å². The summed E-state index contributed by atoms with van der Waals surface area (Å²) in [5.41, 5.74) is 3.87. The van der Waals surface area contributed by atoms with Gasteiger partial charge in [-0.1, -0.05) is 69.5 Å². The number of nitrogens with two attached hydrogens (primary N) is 1. The van der Waals surface area contributed by atoms with Crippen LogP contribution < -0.4 is 5.73 Å². The Kier molecular flexibility index (Phi) is 4.39. The molecule has 3 N–H and O–H groups in total. The number of primary amides is 1. The lowest BCUT2D eigenvalue weighted by Gasteiger charge is -2.27. The van der Waals surface area contributed by atoms with Crippen molar-refractivity contribution in [2.75, 3.05) is 0 Å². The van der Waals surface area contributed by atoms with Gasteiger partial charge >= 0.3 is 0 Å². The first kappa shape index (κ1) is 15.3. The zero-order valence-corrected chi connectivity index (χ0v) is 13.2. The molecule has 0 radical (unpaired) electrons. The average molecular weight is 375 g/mol. The summed E-state index contributed by atoms with van der Waals surface area (Å²) in [6.07, 6.45) is 0. The summed E-state index contributed by atoms with van der Waals surface area (Å²) in [6, 6.07) is 11.3. The highest BCUT2D eigenvalue weighted by Crippen LogP contribution is 2.40. The third kappa shape index (κ3) is 2.56. The molecule has 0 saturated heterocycles. The smallest absolute Gasteiger partial charge is 0.258 e. The third-order valence-corrected chi connectivity index (χ3v) is 4.06. The van der Waals surface area contributed by atoms with Gasteiger partial charge in [0, 0.05) is 15.1 Å². The molecule has 1 unspecified atom stereocenters. The van der Waals surface area contributed by atoms with E-state index in [4.69, 9.17) is 28.9 Å². The van der Waals surface area contributed by atoms with Crippen molar-refractivity contribution < 1.29 is 9.90 Å². The molecule has 1 amide bonds. The van der Waals surface area contributed by atoms with Crippen molar-refractivity contribution in [2.45, 2.75) is 5.60 Å². The Labute approximate surface area is 134 Å². The lowest BCUT2D eigenvalue weighted by molar-refractivity contribution is -0.133. The van der Waals surface area contributed by atoms with Crippen LogP contribution in [-0.4, -0.2) is 11.0 Å². The maximum atomic E-state index is 11.9. The van der Waals surface area contributed by atoms with E-state index in [0.29, 0.717) is 15.1 Å². The van der Waals surface area contributed by atoms with E-state index in [1.54, 1.807) is 36.4 Å². The zero-order chi connectivity index (χ0) is 14.9. The predicted octanol–water partition coefficient (Wildman–Crippen LogP) is 3.48. The van der Waals surface area contributed by atoms with Crippen LogP contribution in [0.5, 0.6) is 0 Å². The monoisotopic (exact) mass is 373 g/mol. The van der Waals surface area contributed by atoms with Crippen molar-refractivity contribution in [1.82, 2.24) is 0 Å². The Bertz CT molecular complexity index is 640. The number of amides is 1. The van der Waals surface area contributed by atoms with E-state index >= 15 is 0 Å². The molecule has 0 heterocycles. The van der Waals surface area contributed by atoms with Crippen LogP contribution >= 0.6 is 39.1 Å². The Hall–Kier alpha value is -1.07. The standard InChI is InChI=1S/C14H10BrCl2NO2/c15-10-6-9(16)7-11(17)12(10)14(20,13(18)19)8-4-2-1-3-5-8/h1-7,20H,(H2,18,19). The SMILES string of the molecule is NC(=O)C(O)(c1ccccc1)c1c(Cl)cc(Cl)cc1Br. The number of rotatable bonds is 3. The molecule has 104 valence electrons. The minimum Gasteiger partial charge on any atom is -0.372 e. The highest BCUT2D eigenvalue weighted by atomic mass is 79.9. The number of hydrogen-bond donors (Lipinski definition) is 2. The first-order valence-electron chi connectivity index (χ1n) is 5.60. The highest BCUT2D eigenvalue weighted by Gasteiger charge is 2.41. The Morgan fingerprint density at radius 1 is 1.20 bits per heavy atom. The Balaban J connectivity index is 2.76. The van der Waals surface area contributed by atoms with Gasteiger partial charge in [0.15, 0.2) is 5.60 Å². The summed E-state index contributed by atoms with van der Waals surface area (Å²) < 4.78 is 0.403. The van der Waals surface area contributed by atoms with Crippen LogP contribution in [0, 0.1) is 0 Å². The van der Waals surface area contributed by atoms with E-state index in [-0.39, 0.29) is 10.6 Å². The van der Waals surface area contributed by atoms with Gasteiger partial charge in [-0.05, 0) is 17.7 Å². The Morgan fingerprint density at radius 2 is 1.80 bits per heavy atom. The average Bonchev–Trinajstić information content (AvgIpc) is 2.38. The molecule has 2 rings (SSSR count). The largest absolute Gasteiger partial charge is 0.372 e. The van der Waals surface area contributed by atoms with Crippen LogP contribution in [0.3, 0.4) is 0 Å². The summed E-state index contributed by atoms with van der Waals surface area (Å²) >= 11 is 15.3. The molecule has 2 aromatic rings. The van der Waals surface area contributed by atoms with Gasteiger partial charge in [0.25, 0.3) is 5.91 Å². The molecule has 0 saturated carbocycles. The zero-order valence-electron chi connectivity index (χ0n) is 10.1. The van der Waals surface area contributed by atoms with Crippen LogP contribution in [0.1, 0.15) is 11.1 Å². The van der Waals surface area contributed by atoms with Crippen LogP contribution in [0.25, 0.3) is 0 Å². The predicted molar refractivity (Wildman–Crippen MR) is 82.8 cm³/mol. The minimum atomic E-state index is -2.04. The molecule has 0 aliphatic heterocycles. The van der Waals surface area contributed by atoms with Crippen molar-refractivity contribution >= 4 is 45.0 Å². The van der Waals surface area contributed by atoms with Gasteiger partial charge in [0.05, 0.1) is 5.02 Å². The van der Waals surface area contributed by atoms with Crippen molar-refractivity contribution in [3.63, 3.8) is 0 Å². The van der Waals surface area contributed by atoms with Crippen molar-refractivity contribution in [2.24, 2.45) is 5.73 Å². The number of halogens is 3. The first-order chi connectivity index (χ1) is 9.37. The maximum absolute atomic E-state index is 11.9. The van der Waals surface area contributed by atoms with Gasteiger partial charge in [-0.2, -0.15) is 0 Å². The van der Waals surface area contributed by atoms with Crippen molar-refractivity contribution in [3.8, 4) is 0 Å². The maximum Gasteiger partial charge on any atom is 0.258 e. The van der Waals surface area contributed by atoms with Gasteiger partial charge in [0.2, 0.25) is 0 Å². The van der Waals surface area contributed by atoms with Crippen molar-refractivity contribution in [3.05, 3.63) is 68.1 Å². The molecule has 2 aromatic carbocycles. The van der Waals surface area contributed by atoms with Gasteiger partial charge in [0.1, 0.15) is 0 Å². The second kappa shape index (κ2) is 5.74. The summed E-state index contributed by atoms with van der Waals surface area (Å²) in [4.78, 5) is 11.9. The molecule has 20 heavy (non-hydrogen) atoms. The fourth-order valence-corrected chi connectivity index (χ4v) is 3.60. The molecule has 3 nitrogen and oxygen atoms in total. The second-order valence-electron chi connectivity index (χ2n) is 4.19. The molecule has 0 bridgehead atoms. The summed E-state index contributed by atoms with van der Waals surface area (Å²) in [5.74, 6) is -0.923. The lowest BCUT2D eigenvalue weighted by Crippen LogP contribution is -2.42. The molecule has 0 aromatic heterocycles. The number of benzene rings is 2. The summed E-state index contributed by atoms with van der Waals surface area (Å²) in [5, 5.41) is 11.4. The van der Waals surface area contributed by atoms with E-state index < -0.39 is 11.5 Å². The van der Waals surface area contributed by atoms with Gasteiger partial charge in [-0.25, -0.2) is 0 Å². The topological polar surface area (TPSA) is 63.3 Å². The van der Waals surface area contributed by atoms with E-state index in [0.717, 1.165) is 0 Å². The first-order valence-corrected chi connectivity index (χ1v) is 7.15. The fraction of sp³-hybridized carbons (Fsp3) is 0.0714. The summed E-state index contributed by atoms with van der Waals surface area (Å²) in [7, 11) is 0. The second-order valence-corrected chi connectivity index (χ2v) is 5.88. The molecule has 0 aliphatic rings. The third-order valence-electron chi connectivity index (χ3n) is 2.92. The lowest BCUT2D eigenvalue weighted by atomic mass is 9.85. The van der Waals surface area contributed by atoms with Crippen LogP contribution in [0.4, 0.5) is 0 Å². The molecular weight excluding hydrogens is 365 g/mol.